The van der Waals surface area contributed by atoms with Crippen molar-refractivity contribution in [1.29, 1.82) is 0 Å². The molecule has 0 aromatic rings. The first kappa shape index (κ1) is 53.6. The molecule has 0 fully saturated rings. The summed E-state index contributed by atoms with van der Waals surface area (Å²) in [6.07, 6.45) is 52.9. The third-order valence-electron chi connectivity index (χ3n) is 10.4. The molecule has 0 aliphatic carbocycles. The van der Waals surface area contributed by atoms with Gasteiger partial charge in [0, 0.05) is 12.8 Å². The van der Waals surface area contributed by atoms with Gasteiger partial charge in [0.15, 0.2) is 0 Å². The molecule has 324 valence electrons. The van der Waals surface area contributed by atoms with E-state index >= 15 is 0 Å². The zero-order chi connectivity index (χ0) is 41.0. The predicted molar refractivity (Wildman–Crippen MR) is 241 cm³/mol. The van der Waals surface area contributed by atoms with Crippen LogP contribution in [-0.4, -0.2) is 46.9 Å². The van der Waals surface area contributed by atoms with Crippen LogP contribution >= 0.6 is 0 Å². The standard InChI is InChI=1S/C50H89NO5/c1-4-7-10-13-16-19-22-23-24-25-28-29-32-35-38-41-46(56-50(55)43-40-37-34-31-27-21-18-15-12-9-6-3)44-49(54)51-47(45-52)48(53)42-39-36-33-30-26-20-17-14-11-8-5-2/h7,10,16,19,23-24,28-29,35,38,46-48,52-53H,4-6,8-9,11-15,17-18,20-22,25-27,30-34,36-37,39-45H2,1-3H3,(H,51,54)/b10-7-,19-16-,24-23-,29-28-,38-35-. The Morgan fingerprint density at radius 3 is 1.36 bits per heavy atom. The Bertz CT molecular complexity index is 1010. The minimum atomic E-state index is -0.810. The van der Waals surface area contributed by atoms with Crippen LogP contribution in [0.25, 0.3) is 0 Å². The molecule has 0 aliphatic heterocycles. The maximum absolute atomic E-state index is 13.1. The summed E-state index contributed by atoms with van der Waals surface area (Å²) in [7, 11) is 0. The van der Waals surface area contributed by atoms with Gasteiger partial charge in [0.25, 0.3) is 0 Å². The molecule has 0 saturated heterocycles. The van der Waals surface area contributed by atoms with Crippen molar-refractivity contribution in [3.8, 4) is 0 Å². The summed E-state index contributed by atoms with van der Waals surface area (Å²) in [6.45, 7) is 6.31. The normalized spacial score (nSPS) is 13.9. The third-order valence-corrected chi connectivity index (χ3v) is 10.4. The first-order valence-electron chi connectivity index (χ1n) is 23.5. The Balaban J connectivity index is 4.76. The van der Waals surface area contributed by atoms with E-state index in [1.54, 1.807) is 0 Å². The second-order valence-electron chi connectivity index (χ2n) is 15.8. The van der Waals surface area contributed by atoms with Gasteiger partial charge >= 0.3 is 5.97 Å². The number of amides is 1. The lowest BCUT2D eigenvalue weighted by Gasteiger charge is -2.24. The molecule has 0 aromatic heterocycles. The summed E-state index contributed by atoms with van der Waals surface area (Å²) in [5, 5.41) is 23.6. The van der Waals surface area contributed by atoms with Gasteiger partial charge in [0.1, 0.15) is 6.10 Å². The molecule has 0 radical (unpaired) electrons. The van der Waals surface area contributed by atoms with Crippen molar-refractivity contribution < 1.29 is 24.5 Å². The Kier molecular flexibility index (Phi) is 41.8. The minimum absolute atomic E-state index is 0.0000278. The number of ether oxygens (including phenoxy) is 1. The number of carbonyl (C=O) groups excluding carboxylic acids is 2. The number of aliphatic hydroxyl groups is 2. The van der Waals surface area contributed by atoms with Gasteiger partial charge in [-0.2, -0.15) is 0 Å². The van der Waals surface area contributed by atoms with E-state index in [4.69, 9.17) is 4.74 Å². The second kappa shape index (κ2) is 43.7. The fourth-order valence-electron chi connectivity index (χ4n) is 6.81. The predicted octanol–water partition coefficient (Wildman–Crippen LogP) is 13.7. The molecule has 0 saturated carbocycles. The number of rotatable bonds is 41. The van der Waals surface area contributed by atoms with Crippen LogP contribution in [0.5, 0.6) is 0 Å². The average molecular weight is 784 g/mol. The summed E-state index contributed by atoms with van der Waals surface area (Å²) in [5.74, 6) is -0.580. The number of carbonyl (C=O) groups is 2. The maximum Gasteiger partial charge on any atom is 0.306 e. The van der Waals surface area contributed by atoms with Gasteiger partial charge in [-0.3, -0.25) is 9.59 Å². The average Bonchev–Trinajstić information content (AvgIpc) is 3.19. The zero-order valence-electron chi connectivity index (χ0n) is 36.8. The molecule has 6 heteroatoms. The van der Waals surface area contributed by atoms with Crippen molar-refractivity contribution in [2.75, 3.05) is 6.61 Å². The minimum Gasteiger partial charge on any atom is -0.461 e. The lowest BCUT2D eigenvalue weighted by molar-refractivity contribution is -0.150. The van der Waals surface area contributed by atoms with Gasteiger partial charge in [0.2, 0.25) is 5.91 Å². The summed E-state index contributed by atoms with van der Waals surface area (Å²) in [6, 6.07) is -0.730. The van der Waals surface area contributed by atoms with Crippen LogP contribution in [0.4, 0.5) is 0 Å². The number of aliphatic hydroxyl groups excluding tert-OH is 2. The molecule has 0 aliphatic rings. The molecule has 6 nitrogen and oxygen atoms in total. The van der Waals surface area contributed by atoms with Crippen molar-refractivity contribution in [3.05, 3.63) is 60.8 Å². The maximum atomic E-state index is 13.1. The van der Waals surface area contributed by atoms with Crippen LogP contribution in [0, 0.1) is 0 Å². The van der Waals surface area contributed by atoms with Crippen molar-refractivity contribution in [1.82, 2.24) is 5.32 Å². The number of hydrogen-bond acceptors (Lipinski definition) is 5. The smallest absolute Gasteiger partial charge is 0.306 e. The molecule has 0 spiro atoms. The molecule has 3 atom stereocenters. The monoisotopic (exact) mass is 784 g/mol. The van der Waals surface area contributed by atoms with Crippen LogP contribution < -0.4 is 5.32 Å². The first-order chi connectivity index (χ1) is 27.5. The Morgan fingerprint density at radius 2 is 0.929 bits per heavy atom. The van der Waals surface area contributed by atoms with E-state index in [1.807, 2.05) is 12.2 Å². The highest BCUT2D eigenvalue weighted by atomic mass is 16.5. The molecule has 0 bridgehead atoms. The van der Waals surface area contributed by atoms with Gasteiger partial charge in [-0.15, -0.1) is 0 Å². The highest BCUT2D eigenvalue weighted by Gasteiger charge is 2.23. The van der Waals surface area contributed by atoms with E-state index in [2.05, 4.69) is 74.7 Å². The topological polar surface area (TPSA) is 95.9 Å². The lowest BCUT2D eigenvalue weighted by atomic mass is 10.0. The van der Waals surface area contributed by atoms with Crippen LogP contribution in [0.15, 0.2) is 60.8 Å². The molecular weight excluding hydrogens is 695 g/mol. The van der Waals surface area contributed by atoms with Gasteiger partial charge in [-0.1, -0.05) is 216 Å². The second-order valence-corrected chi connectivity index (χ2v) is 15.8. The largest absolute Gasteiger partial charge is 0.461 e. The SMILES string of the molecule is CC/C=C\C/C=C\C/C=C\C/C=C\C/C=C\CC(CC(=O)NC(CO)C(O)CCCCCCCCCCCCC)OC(=O)CCCCCCCCCCCCC. The number of unbranched alkanes of at least 4 members (excludes halogenated alkanes) is 20. The van der Waals surface area contributed by atoms with Gasteiger partial charge < -0.3 is 20.3 Å². The summed E-state index contributed by atoms with van der Waals surface area (Å²) in [4.78, 5) is 26.0. The van der Waals surface area contributed by atoms with Crippen molar-refractivity contribution >= 4 is 11.9 Å². The molecule has 56 heavy (non-hydrogen) atoms. The van der Waals surface area contributed by atoms with Crippen molar-refractivity contribution in [2.24, 2.45) is 0 Å². The van der Waals surface area contributed by atoms with Crippen LogP contribution in [0.1, 0.15) is 220 Å². The molecule has 3 unspecified atom stereocenters. The number of esters is 1. The molecule has 3 N–H and O–H groups in total. The molecule has 0 rings (SSSR count). The summed E-state index contributed by atoms with van der Waals surface area (Å²) >= 11 is 0. The third kappa shape index (κ3) is 38.4. The Morgan fingerprint density at radius 1 is 0.536 bits per heavy atom. The van der Waals surface area contributed by atoms with E-state index in [0.717, 1.165) is 70.6 Å². The van der Waals surface area contributed by atoms with Gasteiger partial charge in [-0.25, -0.2) is 0 Å². The van der Waals surface area contributed by atoms with E-state index in [0.29, 0.717) is 19.3 Å². The van der Waals surface area contributed by atoms with E-state index < -0.39 is 18.2 Å². The Hall–Kier alpha value is -2.44. The summed E-state index contributed by atoms with van der Waals surface area (Å²) in [5.41, 5.74) is 0. The van der Waals surface area contributed by atoms with Crippen molar-refractivity contribution in [2.45, 2.75) is 238 Å². The van der Waals surface area contributed by atoms with Crippen molar-refractivity contribution in [3.63, 3.8) is 0 Å². The highest BCUT2D eigenvalue weighted by molar-refractivity contribution is 5.77. The van der Waals surface area contributed by atoms with Crippen LogP contribution in [0.2, 0.25) is 0 Å². The number of nitrogens with one attached hydrogen (secondary N) is 1. The van der Waals surface area contributed by atoms with Crippen LogP contribution in [-0.2, 0) is 14.3 Å². The van der Waals surface area contributed by atoms with E-state index in [9.17, 15) is 19.8 Å². The molecular formula is C50H89NO5. The quantitative estimate of drug-likeness (QED) is 0.0326. The molecule has 0 heterocycles. The Labute approximate surface area is 346 Å². The number of allylic oxidation sites excluding steroid dienone is 9. The molecule has 0 aromatic carbocycles. The lowest BCUT2D eigenvalue weighted by Crippen LogP contribution is -2.46. The fraction of sp³-hybridized carbons (Fsp3) is 0.760. The van der Waals surface area contributed by atoms with E-state index in [1.165, 1.54) is 103 Å². The first-order valence-corrected chi connectivity index (χ1v) is 23.5. The number of hydrogen-bond donors (Lipinski definition) is 3. The molecule has 1 amide bonds. The van der Waals surface area contributed by atoms with Gasteiger partial charge in [0.05, 0.1) is 25.2 Å². The zero-order valence-corrected chi connectivity index (χ0v) is 36.8. The van der Waals surface area contributed by atoms with Gasteiger partial charge in [-0.05, 0) is 44.9 Å². The fourth-order valence-corrected chi connectivity index (χ4v) is 6.81. The highest BCUT2D eigenvalue weighted by Crippen LogP contribution is 2.16. The van der Waals surface area contributed by atoms with Crippen LogP contribution in [0.3, 0.4) is 0 Å². The van der Waals surface area contributed by atoms with E-state index in [-0.39, 0.29) is 24.9 Å². The summed E-state index contributed by atoms with van der Waals surface area (Å²) < 4.78 is 5.84.